The van der Waals surface area contributed by atoms with Crippen molar-refractivity contribution in [3.05, 3.63) is 29.8 Å². The number of benzene rings is 1. The normalized spacial score (nSPS) is 17.1. The van der Waals surface area contributed by atoms with Crippen LogP contribution in [-0.4, -0.2) is 50.1 Å². The smallest absolute Gasteiger partial charge is 0.308 e. The van der Waals surface area contributed by atoms with E-state index in [4.69, 9.17) is 9.47 Å². The van der Waals surface area contributed by atoms with Gasteiger partial charge >= 0.3 is 5.97 Å². The molecule has 1 atom stereocenters. The summed E-state index contributed by atoms with van der Waals surface area (Å²) in [5.41, 5.74) is 1.03. The summed E-state index contributed by atoms with van der Waals surface area (Å²) >= 11 is 0. The predicted octanol–water partition coefficient (Wildman–Crippen LogP) is 1.58. The summed E-state index contributed by atoms with van der Waals surface area (Å²) in [6.07, 6.45) is 1.48. The van der Waals surface area contributed by atoms with Crippen LogP contribution in [0.5, 0.6) is 5.75 Å². The van der Waals surface area contributed by atoms with Crippen LogP contribution in [0.3, 0.4) is 0 Å². The van der Waals surface area contributed by atoms with Crippen molar-refractivity contribution in [1.82, 2.24) is 10.2 Å². The number of piperidine rings is 1. The molecule has 24 heavy (non-hydrogen) atoms. The number of ether oxygens (including phenoxy) is 2. The number of hydrogen-bond acceptors (Lipinski definition) is 5. The first kappa shape index (κ1) is 18.3. The number of carbonyl (C=O) groups excluding carboxylic acids is 2. The molecule has 0 aliphatic carbocycles. The van der Waals surface area contributed by atoms with Gasteiger partial charge < -0.3 is 14.8 Å². The molecular weight excluding hydrogens is 308 g/mol. The van der Waals surface area contributed by atoms with Gasteiger partial charge in [-0.15, -0.1) is 0 Å². The van der Waals surface area contributed by atoms with E-state index in [0.717, 1.165) is 37.2 Å². The second-order valence-electron chi connectivity index (χ2n) is 6.08. The fourth-order valence-corrected chi connectivity index (χ4v) is 2.94. The van der Waals surface area contributed by atoms with Crippen molar-refractivity contribution in [2.45, 2.75) is 32.4 Å². The maximum Gasteiger partial charge on any atom is 0.308 e. The van der Waals surface area contributed by atoms with Crippen LogP contribution >= 0.6 is 0 Å². The van der Waals surface area contributed by atoms with Crippen molar-refractivity contribution in [3.8, 4) is 5.75 Å². The SMILES string of the molecule is COC(=O)C1CCN([C@H](C)C(=O)NCc2ccc(OC)cc2)CC1. The first-order valence-corrected chi connectivity index (χ1v) is 8.27. The molecule has 6 nitrogen and oxygen atoms in total. The number of esters is 1. The first-order valence-electron chi connectivity index (χ1n) is 8.27. The molecule has 0 saturated carbocycles. The largest absolute Gasteiger partial charge is 0.497 e. The molecule has 6 heteroatoms. The van der Waals surface area contributed by atoms with E-state index in [1.807, 2.05) is 31.2 Å². The molecule has 0 bridgehead atoms. The van der Waals surface area contributed by atoms with Crippen LogP contribution in [0.2, 0.25) is 0 Å². The van der Waals surface area contributed by atoms with Gasteiger partial charge in [0.15, 0.2) is 0 Å². The summed E-state index contributed by atoms with van der Waals surface area (Å²) in [5.74, 6) is 0.612. The number of rotatable bonds is 6. The van der Waals surface area contributed by atoms with Crippen molar-refractivity contribution in [2.75, 3.05) is 27.3 Å². The first-order chi connectivity index (χ1) is 11.5. The average molecular weight is 334 g/mol. The highest BCUT2D eigenvalue weighted by molar-refractivity contribution is 5.81. The van der Waals surface area contributed by atoms with Crippen LogP contribution in [0.1, 0.15) is 25.3 Å². The molecule has 1 N–H and O–H groups in total. The monoisotopic (exact) mass is 334 g/mol. The third kappa shape index (κ3) is 4.71. The van der Waals surface area contributed by atoms with E-state index in [9.17, 15) is 9.59 Å². The third-order valence-electron chi connectivity index (χ3n) is 4.62. The Bertz CT molecular complexity index is 551. The molecule has 1 aromatic carbocycles. The zero-order valence-corrected chi connectivity index (χ0v) is 14.6. The van der Waals surface area contributed by atoms with Gasteiger partial charge in [-0.1, -0.05) is 12.1 Å². The van der Waals surface area contributed by atoms with E-state index in [1.165, 1.54) is 7.11 Å². The van der Waals surface area contributed by atoms with Gasteiger partial charge in [0.25, 0.3) is 0 Å². The van der Waals surface area contributed by atoms with Crippen LogP contribution in [0, 0.1) is 5.92 Å². The minimum absolute atomic E-state index is 0.00216. The van der Waals surface area contributed by atoms with E-state index in [-0.39, 0.29) is 23.8 Å². The van der Waals surface area contributed by atoms with E-state index >= 15 is 0 Å². The van der Waals surface area contributed by atoms with E-state index in [2.05, 4.69) is 10.2 Å². The Balaban J connectivity index is 1.78. The summed E-state index contributed by atoms with van der Waals surface area (Å²) in [5, 5.41) is 2.97. The summed E-state index contributed by atoms with van der Waals surface area (Å²) in [7, 11) is 3.05. The van der Waals surface area contributed by atoms with E-state index < -0.39 is 0 Å². The summed E-state index contributed by atoms with van der Waals surface area (Å²) in [6.45, 7) is 3.86. The lowest BCUT2D eigenvalue weighted by atomic mass is 9.96. The summed E-state index contributed by atoms with van der Waals surface area (Å²) in [4.78, 5) is 26.0. The van der Waals surface area contributed by atoms with Gasteiger partial charge in [0.05, 0.1) is 26.2 Å². The molecule has 1 amide bonds. The standard InChI is InChI=1S/C18H26N2O4/c1-13(20-10-8-15(9-11-20)18(22)24-3)17(21)19-12-14-4-6-16(23-2)7-5-14/h4-7,13,15H,8-12H2,1-3H3,(H,19,21)/t13-/m1/s1. The number of carbonyl (C=O) groups is 2. The predicted molar refractivity (Wildman–Crippen MR) is 90.6 cm³/mol. The molecule has 1 fully saturated rings. The van der Waals surface area contributed by atoms with E-state index in [1.54, 1.807) is 7.11 Å². The van der Waals surface area contributed by atoms with Gasteiger partial charge in [-0.3, -0.25) is 14.5 Å². The Morgan fingerprint density at radius 3 is 2.38 bits per heavy atom. The molecule has 1 aliphatic rings. The van der Waals surface area contributed by atoms with Gasteiger partial charge in [-0.25, -0.2) is 0 Å². The van der Waals surface area contributed by atoms with Gasteiger partial charge in [0.2, 0.25) is 5.91 Å². The minimum atomic E-state index is -0.207. The Labute approximate surface area is 143 Å². The lowest BCUT2D eigenvalue weighted by Gasteiger charge is -2.34. The molecule has 1 aromatic rings. The second-order valence-corrected chi connectivity index (χ2v) is 6.08. The fourth-order valence-electron chi connectivity index (χ4n) is 2.94. The molecule has 132 valence electrons. The highest BCUT2D eigenvalue weighted by Gasteiger charge is 2.30. The van der Waals surface area contributed by atoms with Gasteiger partial charge in [0, 0.05) is 6.54 Å². The summed E-state index contributed by atoms with van der Waals surface area (Å²) in [6, 6.07) is 7.42. The topological polar surface area (TPSA) is 67.9 Å². The van der Waals surface area contributed by atoms with Crippen molar-refractivity contribution in [1.29, 1.82) is 0 Å². The van der Waals surface area contributed by atoms with Crippen LogP contribution < -0.4 is 10.1 Å². The van der Waals surface area contributed by atoms with E-state index in [0.29, 0.717) is 6.54 Å². The number of methoxy groups -OCH3 is 2. The van der Waals surface area contributed by atoms with Gasteiger partial charge in [-0.2, -0.15) is 0 Å². The second kappa shape index (κ2) is 8.68. The van der Waals surface area contributed by atoms with Gasteiger partial charge in [-0.05, 0) is 50.6 Å². The molecule has 0 unspecified atom stereocenters. The molecule has 0 spiro atoms. The number of likely N-dealkylation sites (tertiary alicyclic amines) is 1. The molecule has 2 rings (SSSR count). The Kier molecular flexibility index (Phi) is 6.61. The molecular formula is C18H26N2O4. The third-order valence-corrected chi connectivity index (χ3v) is 4.62. The Morgan fingerprint density at radius 1 is 1.21 bits per heavy atom. The Morgan fingerprint density at radius 2 is 1.83 bits per heavy atom. The van der Waals surface area contributed by atoms with Gasteiger partial charge in [0.1, 0.15) is 5.75 Å². The molecule has 1 saturated heterocycles. The maximum atomic E-state index is 12.3. The van der Waals surface area contributed by atoms with Crippen LogP contribution in [-0.2, 0) is 20.9 Å². The fraction of sp³-hybridized carbons (Fsp3) is 0.556. The van der Waals surface area contributed by atoms with Crippen molar-refractivity contribution in [3.63, 3.8) is 0 Å². The zero-order chi connectivity index (χ0) is 17.5. The van der Waals surface area contributed by atoms with Crippen LogP contribution in [0.4, 0.5) is 0 Å². The quantitative estimate of drug-likeness (QED) is 0.800. The molecule has 1 aliphatic heterocycles. The zero-order valence-electron chi connectivity index (χ0n) is 14.6. The lowest BCUT2D eigenvalue weighted by molar-refractivity contribution is -0.147. The number of hydrogen-bond donors (Lipinski definition) is 1. The Hall–Kier alpha value is -2.08. The van der Waals surface area contributed by atoms with Crippen molar-refractivity contribution >= 4 is 11.9 Å². The molecule has 0 radical (unpaired) electrons. The van der Waals surface area contributed by atoms with Crippen molar-refractivity contribution in [2.24, 2.45) is 5.92 Å². The van der Waals surface area contributed by atoms with Crippen molar-refractivity contribution < 1.29 is 19.1 Å². The van der Waals surface area contributed by atoms with Crippen LogP contribution in [0.15, 0.2) is 24.3 Å². The molecule has 0 aromatic heterocycles. The number of nitrogens with zero attached hydrogens (tertiary/aromatic N) is 1. The maximum absolute atomic E-state index is 12.3. The molecule has 1 heterocycles. The number of nitrogens with one attached hydrogen (secondary N) is 1. The van der Waals surface area contributed by atoms with Crippen LogP contribution in [0.25, 0.3) is 0 Å². The highest BCUT2D eigenvalue weighted by atomic mass is 16.5. The average Bonchev–Trinajstić information content (AvgIpc) is 2.65. The minimum Gasteiger partial charge on any atom is -0.497 e. The number of amides is 1. The lowest BCUT2D eigenvalue weighted by Crippen LogP contribution is -2.48. The summed E-state index contributed by atoms with van der Waals surface area (Å²) < 4.78 is 9.91. The highest BCUT2D eigenvalue weighted by Crippen LogP contribution is 2.20.